The summed E-state index contributed by atoms with van der Waals surface area (Å²) in [5, 5.41) is 0. The molecule has 2 N–H and O–H groups in total. The van der Waals surface area contributed by atoms with E-state index < -0.39 is 9.84 Å². The van der Waals surface area contributed by atoms with E-state index in [1.807, 2.05) is 0 Å². The van der Waals surface area contributed by atoms with Crippen LogP contribution >= 0.6 is 0 Å². The van der Waals surface area contributed by atoms with Crippen LogP contribution in [-0.4, -0.2) is 51.0 Å². The highest BCUT2D eigenvalue weighted by atomic mass is 32.2. The first kappa shape index (κ1) is 15.9. The molecule has 1 rings (SSSR count). The Morgan fingerprint density at radius 2 is 1.89 bits per heavy atom. The van der Waals surface area contributed by atoms with Gasteiger partial charge in [0, 0.05) is 13.1 Å². The summed E-state index contributed by atoms with van der Waals surface area (Å²) < 4.78 is 23.1. The molecule has 0 spiro atoms. The molecule has 0 saturated carbocycles. The van der Waals surface area contributed by atoms with E-state index in [2.05, 4.69) is 25.7 Å². The lowest BCUT2D eigenvalue weighted by atomic mass is 9.84. The van der Waals surface area contributed by atoms with E-state index in [4.69, 9.17) is 5.73 Å². The second kappa shape index (κ2) is 6.35. The summed E-state index contributed by atoms with van der Waals surface area (Å²) in [6.45, 7) is 9.85. The largest absolute Gasteiger partial charge is 0.330 e. The zero-order chi connectivity index (χ0) is 13.8. The van der Waals surface area contributed by atoms with Crippen LogP contribution < -0.4 is 5.73 Å². The minimum absolute atomic E-state index is 0.280. The smallest absolute Gasteiger partial charge is 0.151 e. The molecule has 1 unspecified atom stereocenters. The van der Waals surface area contributed by atoms with Gasteiger partial charge in [-0.1, -0.05) is 20.8 Å². The molecule has 1 aliphatic heterocycles. The molecule has 0 radical (unpaired) electrons. The molecule has 1 aliphatic rings. The number of nitrogens with zero attached hydrogens (tertiary/aromatic N) is 1. The van der Waals surface area contributed by atoms with Crippen molar-refractivity contribution in [3.05, 3.63) is 0 Å². The Kier molecular flexibility index (Phi) is 5.62. The summed E-state index contributed by atoms with van der Waals surface area (Å²) in [5.74, 6) is 1.11. The van der Waals surface area contributed by atoms with E-state index in [0.717, 1.165) is 25.9 Å². The monoisotopic (exact) mass is 276 g/mol. The van der Waals surface area contributed by atoms with Crippen LogP contribution in [0.1, 0.15) is 33.6 Å². The summed E-state index contributed by atoms with van der Waals surface area (Å²) in [6, 6.07) is 0. The van der Waals surface area contributed by atoms with Gasteiger partial charge in [0.25, 0.3) is 0 Å². The van der Waals surface area contributed by atoms with Crippen molar-refractivity contribution in [2.45, 2.75) is 33.6 Å². The minimum atomic E-state index is -2.80. The fourth-order valence-corrected chi connectivity index (χ4v) is 3.94. The number of hydrogen-bond acceptors (Lipinski definition) is 4. The van der Waals surface area contributed by atoms with Gasteiger partial charge in [0.15, 0.2) is 9.84 Å². The highest BCUT2D eigenvalue weighted by Gasteiger charge is 2.23. The highest BCUT2D eigenvalue weighted by molar-refractivity contribution is 7.91. The summed E-state index contributed by atoms with van der Waals surface area (Å²) in [5.41, 5.74) is 6.12. The maximum Gasteiger partial charge on any atom is 0.151 e. The van der Waals surface area contributed by atoms with Crippen LogP contribution in [0.5, 0.6) is 0 Å². The molecule has 0 aromatic rings. The van der Waals surface area contributed by atoms with Crippen LogP contribution in [0.25, 0.3) is 0 Å². The van der Waals surface area contributed by atoms with E-state index >= 15 is 0 Å². The van der Waals surface area contributed by atoms with E-state index in [-0.39, 0.29) is 5.41 Å². The standard InChI is InChI=1S/C13H28N2O2S/c1-13(2,3)9-12(10-14)11-15-5-4-7-18(16,17)8-6-15/h12H,4-11,14H2,1-3H3. The van der Waals surface area contributed by atoms with Gasteiger partial charge in [-0.15, -0.1) is 0 Å². The van der Waals surface area contributed by atoms with Gasteiger partial charge in [0.2, 0.25) is 0 Å². The average molecular weight is 276 g/mol. The average Bonchev–Trinajstić information content (AvgIpc) is 2.37. The molecule has 18 heavy (non-hydrogen) atoms. The quantitative estimate of drug-likeness (QED) is 0.836. The lowest BCUT2D eigenvalue weighted by molar-refractivity contribution is 0.203. The Bertz CT molecular complexity index is 346. The van der Waals surface area contributed by atoms with Crippen LogP contribution in [-0.2, 0) is 9.84 Å². The van der Waals surface area contributed by atoms with Crippen LogP contribution in [0.4, 0.5) is 0 Å². The SMILES string of the molecule is CC(C)(C)CC(CN)CN1CCCS(=O)(=O)CC1. The zero-order valence-electron chi connectivity index (χ0n) is 12.0. The Hall–Kier alpha value is -0.130. The molecule has 0 bridgehead atoms. The van der Waals surface area contributed by atoms with Gasteiger partial charge in [0.1, 0.15) is 0 Å². The Morgan fingerprint density at radius 1 is 1.22 bits per heavy atom. The highest BCUT2D eigenvalue weighted by Crippen LogP contribution is 2.24. The predicted molar refractivity (Wildman–Crippen MR) is 76.3 cm³/mol. The molecule has 0 aromatic carbocycles. The van der Waals surface area contributed by atoms with Gasteiger partial charge in [-0.05, 0) is 37.3 Å². The van der Waals surface area contributed by atoms with Crippen LogP contribution in [0.2, 0.25) is 0 Å². The third-order valence-corrected chi connectivity index (χ3v) is 5.11. The summed E-state index contributed by atoms with van der Waals surface area (Å²) >= 11 is 0. The molecule has 1 fully saturated rings. The molecule has 1 saturated heterocycles. The van der Waals surface area contributed by atoms with E-state index in [1.165, 1.54) is 0 Å². The van der Waals surface area contributed by atoms with Gasteiger partial charge in [-0.2, -0.15) is 0 Å². The van der Waals surface area contributed by atoms with Crippen molar-refractivity contribution in [3.8, 4) is 0 Å². The molecule has 108 valence electrons. The van der Waals surface area contributed by atoms with Crippen molar-refractivity contribution in [3.63, 3.8) is 0 Å². The Morgan fingerprint density at radius 3 is 2.44 bits per heavy atom. The van der Waals surface area contributed by atoms with Crippen LogP contribution in [0.3, 0.4) is 0 Å². The van der Waals surface area contributed by atoms with Crippen molar-refractivity contribution in [2.24, 2.45) is 17.1 Å². The fourth-order valence-electron chi connectivity index (χ4n) is 2.63. The van der Waals surface area contributed by atoms with Gasteiger partial charge < -0.3 is 10.6 Å². The van der Waals surface area contributed by atoms with E-state index in [1.54, 1.807) is 0 Å². The summed E-state index contributed by atoms with van der Waals surface area (Å²) in [7, 11) is -2.80. The number of hydrogen-bond donors (Lipinski definition) is 1. The molecule has 4 nitrogen and oxygen atoms in total. The molecule has 0 amide bonds. The fraction of sp³-hybridized carbons (Fsp3) is 1.00. The van der Waals surface area contributed by atoms with Gasteiger partial charge in [0.05, 0.1) is 11.5 Å². The van der Waals surface area contributed by atoms with Gasteiger partial charge >= 0.3 is 0 Å². The first-order valence-electron chi connectivity index (χ1n) is 6.85. The molecule has 0 aromatic heterocycles. The van der Waals surface area contributed by atoms with E-state index in [9.17, 15) is 8.42 Å². The molecule has 0 aliphatic carbocycles. The van der Waals surface area contributed by atoms with Crippen molar-refractivity contribution >= 4 is 9.84 Å². The first-order valence-corrected chi connectivity index (χ1v) is 8.67. The maximum atomic E-state index is 11.5. The van der Waals surface area contributed by atoms with Crippen LogP contribution in [0, 0.1) is 11.3 Å². The summed E-state index contributed by atoms with van der Waals surface area (Å²) in [6.07, 6.45) is 1.85. The summed E-state index contributed by atoms with van der Waals surface area (Å²) in [4.78, 5) is 2.27. The van der Waals surface area contributed by atoms with Crippen LogP contribution in [0.15, 0.2) is 0 Å². The molecule has 1 heterocycles. The number of sulfone groups is 1. The Labute approximate surface area is 112 Å². The topological polar surface area (TPSA) is 63.4 Å². The molecular weight excluding hydrogens is 248 g/mol. The van der Waals surface area contributed by atoms with Crippen molar-refractivity contribution in [1.82, 2.24) is 4.90 Å². The third-order valence-electron chi connectivity index (χ3n) is 3.40. The van der Waals surface area contributed by atoms with Crippen molar-refractivity contribution in [2.75, 3.05) is 37.7 Å². The zero-order valence-corrected chi connectivity index (χ0v) is 12.8. The number of rotatable bonds is 4. The molecule has 5 heteroatoms. The maximum absolute atomic E-state index is 11.5. The third kappa shape index (κ3) is 6.16. The van der Waals surface area contributed by atoms with Crippen molar-refractivity contribution < 1.29 is 8.42 Å². The van der Waals surface area contributed by atoms with Gasteiger partial charge in [-0.3, -0.25) is 0 Å². The Balaban J connectivity index is 2.50. The molecular formula is C13H28N2O2S. The van der Waals surface area contributed by atoms with Gasteiger partial charge in [-0.25, -0.2) is 8.42 Å². The second-order valence-corrected chi connectivity index (χ2v) is 8.98. The second-order valence-electron chi connectivity index (χ2n) is 6.67. The van der Waals surface area contributed by atoms with E-state index in [0.29, 0.717) is 30.5 Å². The first-order chi connectivity index (χ1) is 8.22. The minimum Gasteiger partial charge on any atom is -0.330 e. The normalized spacial score (nSPS) is 23.6. The lowest BCUT2D eigenvalue weighted by Gasteiger charge is -2.29. The number of nitrogens with two attached hydrogens (primary N) is 1. The lowest BCUT2D eigenvalue weighted by Crippen LogP contribution is -2.36. The predicted octanol–water partition coefficient (Wildman–Crippen LogP) is 1.12. The van der Waals surface area contributed by atoms with Crippen molar-refractivity contribution in [1.29, 1.82) is 0 Å². The molecule has 1 atom stereocenters.